The van der Waals surface area contributed by atoms with Crippen molar-refractivity contribution < 1.29 is 17.8 Å². The fraction of sp³-hybridized carbons (Fsp3) is 0.111. The Morgan fingerprint density at radius 3 is 2.89 bits per heavy atom. The molecule has 9 heteroatoms. The average molecular weight is 272 g/mol. The third-order valence-electron chi connectivity index (χ3n) is 1.59. The second-order valence-corrected chi connectivity index (χ2v) is 4.78. The average Bonchev–Trinajstić information content (AvgIpc) is 2.27. The Morgan fingerprint density at radius 2 is 2.28 bits per heavy atom. The minimum Gasteiger partial charge on any atom is -0.383 e. The summed E-state index contributed by atoms with van der Waals surface area (Å²) in [5.41, 5.74) is 7.29. The molecule has 18 heavy (non-hydrogen) atoms. The Bertz CT molecular complexity index is 568. The standard InChI is InChI=1S/C9H12N4O4S/c1-18(15,16)17-8-4-2-3-7(5-8)6-11-12-9(10)13-14/h2-6,14H,1H3,(H3,10,12,13)/b11-6+. The van der Waals surface area contributed by atoms with Crippen molar-refractivity contribution >= 4 is 22.3 Å². The largest absolute Gasteiger partial charge is 0.383 e. The monoisotopic (exact) mass is 272 g/mol. The van der Waals surface area contributed by atoms with Crippen LogP contribution in [0.2, 0.25) is 0 Å². The van der Waals surface area contributed by atoms with E-state index >= 15 is 0 Å². The molecule has 0 unspecified atom stereocenters. The molecule has 1 aromatic carbocycles. The van der Waals surface area contributed by atoms with Crippen LogP contribution in [-0.2, 0) is 10.1 Å². The summed E-state index contributed by atoms with van der Waals surface area (Å²) in [6.07, 6.45) is 2.27. The van der Waals surface area contributed by atoms with Gasteiger partial charge < -0.3 is 9.92 Å². The van der Waals surface area contributed by atoms with Crippen LogP contribution in [0.4, 0.5) is 0 Å². The van der Waals surface area contributed by atoms with E-state index in [0.717, 1.165) is 6.26 Å². The Hall–Kier alpha value is -2.13. The highest BCUT2D eigenvalue weighted by Crippen LogP contribution is 2.13. The van der Waals surface area contributed by atoms with Gasteiger partial charge in [0.05, 0.1) is 12.5 Å². The van der Waals surface area contributed by atoms with E-state index in [0.29, 0.717) is 5.56 Å². The number of hydrogen-bond donors (Lipinski definition) is 3. The highest BCUT2D eigenvalue weighted by atomic mass is 32.2. The first-order valence-electron chi connectivity index (χ1n) is 4.67. The van der Waals surface area contributed by atoms with Gasteiger partial charge in [0.2, 0.25) is 5.96 Å². The van der Waals surface area contributed by atoms with Crippen LogP contribution in [-0.4, -0.2) is 32.1 Å². The summed E-state index contributed by atoms with van der Waals surface area (Å²) >= 11 is 0. The molecular weight excluding hydrogens is 260 g/mol. The minimum absolute atomic E-state index is 0.165. The third-order valence-corrected chi connectivity index (χ3v) is 2.09. The second-order valence-electron chi connectivity index (χ2n) is 3.20. The molecule has 0 bridgehead atoms. The molecule has 1 aromatic rings. The van der Waals surface area contributed by atoms with E-state index in [2.05, 4.69) is 14.4 Å². The van der Waals surface area contributed by atoms with Gasteiger partial charge in [-0.2, -0.15) is 13.5 Å². The highest BCUT2D eigenvalue weighted by molar-refractivity contribution is 7.86. The molecule has 0 saturated carbocycles. The first-order valence-corrected chi connectivity index (χ1v) is 6.48. The number of nitrogens with one attached hydrogen (secondary N) is 1. The first-order chi connectivity index (χ1) is 8.40. The maximum Gasteiger partial charge on any atom is 0.306 e. The van der Waals surface area contributed by atoms with Crippen LogP contribution in [0.3, 0.4) is 0 Å². The second kappa shape index (κ2) is 5.98. The number of hydrogen-bond acceptors (Lipinski definition) is 6. The molecule has 0 fully saturated rings. The maximum absolute atomic E-state index is 10.9. The Labute approximate surface area is 104 Å². The fourth-order valence-corrected chi connectivity index (χ4v) is 1.45. The number of rotatable bonds is 4. The van der Waals surface area contributed by atoms with E-state index in [1.54, 1.807) is 17.6 Å². The molecule has 8 nitrogen and oxygen atoms in total. The molecule has 1 rings (SSSR count). The molecule has 0 amide bonds. The van der Waals surface area contributed by atoms with Gasteiger partial charge in [0, 0.05) is 0 Å². The van der Waals surface area contributed by atoms with Crippen molar-refractivity contribution in [2.45, 2.75) is 0 Å². The van der Waals surface area contributed by atoms with Gasteiger partial charge in [-0.05, 0) is 17.7 Å². The van der Waals surface area contributed by atoms with Crippen molar-refractivity contribution in [3.63, 3.8) is 0 Å². The maximum atomic E-state index is 10.9. The first kappa shape index (κ1) is 13.9. The molecule has 98 valence electrons. The Kier molecular flexibility index (Phi) is 4.63. The SMILES string of the molecule is CS(=O)(=O)Oc1cccc(/C=N/N=C(\N)NO)c1. The molecule has 0 aliphatic rings. The molecule has 0 aliphatic carbocycles. The molecule has 4 N–H and O–H groups in total. The molecule has 0 aliphatic heterocycles. The van der Waals surface area contributed by atoms with Crippen molar-refractivity contribution in [1.29, 1.82) is 0 Å². The minimum atomic E-state index is -3.57. The van der Waals surface area contributed by atoms with E-state index < -0.39 is 10.1 Å². The summed E-state index contributed by atoms with van der Waals surface area (Å²) in [6, 6.07) is 6.21. The zero-order valence-corrected chi connectivity index (χ0v) is 10.3. The van der Waals surface area contributed by atoms with Crippen LogP contribution >= 0.6 is 0 Å². The zero-order chi connectivity index (χ0) is 13.6. The highest BCUT2D eigenvalue weighted by Gasteiger charge is 2.03. The summed E-state index contributed by atoms with van der Waals surface area (Å²) in [5, 5.41) is 15.3. The van der Waals surface area contributed by atoms with E-state index in [1.807, 2.05) is 0 Å². The molecular formula is C9H12N4O4S. The smallest absolute Gasteiger partial charge is 0.306 e. The molecule has 0 spiro atoms. The van der Waals surface area contributed by atoms with Gasteiger partial charge in [0.1, 0.15) is 5.75 Å². The van der Waals surface area contributed by atoms with Gasteiger partial charge in [-0.3, -0.25) is 5.21 Å². The summed E-state index contributed by atoms with van der Waals surface area (Å²) in [6.45, 7) is 0. The molecule has 0 heterocycles. The fourth-order valence-electron chi connectivity index (χ4n) is 1.00. The lowest BCUT2D eigenvalue weighted by molar-refractivity contribution is 0.232. The van der Waals surface area contributed by atoms with Gasteiger partial charge in [-0.1, -0.05) is 12.1 Å². The van der Waals surface area contributed by atoms with Crippen LogP contribution in [0, 0.1) is 0 Å². The zero-order valence-electron chi connectivity index (χ0n) is 9.44. The van der Waals surface area contributed by atoms with Crippen molar-refractivity contribution in [2.24, 2.45) is 15.9 Å². The Balaban J connectivity index is 2.83. The van der Waals surface area contributed by atoms with E-state index in [1.165, 1.54) is 18.3 Å². The topological polar surface area (TPSA) is 126 Å². The predicted octanol–water partition coefficient (Wildman–Crippen LogP) is -0.348. The number of guanidine groups is 1. The Morgan fingerprint density at radius 1 is 1.56 bits per heavy atom. The number of nitrogens with two attached hydrogens (primary N) is 1. The van der Waals surface area contributed by atoms with Crippen LogP contribution in [0.15, 0.2) is 34.5 Å². The lowest BCUT2D eigenvalue weighted by Crippen LogP contribution is -2.27. The van der Waals surface area contributed by atoms with Crippen molar-refractivity contribution in [3.8, 4) is 5.75 Å². The normalized spacial score (nSPS) is 12.7. The summed E-state index contributed by atoms with van der Waals surface area (Å²) < 4.78 is 26.5. The van der Waals surface area contributed by atoms with Crippen LogP contribution in [0.1, 0.15) is 5.56 Å². The van der Waals surface area contributed by atoms with Gasteiger partial charge in [-0.15, -0.1) is 5.10 Å². The summed E-state index contributed by atoms with van der Waals surface area (Å²) in [5.74, 6) is -0.103. The van der Waals surface area contributed by atoms with Crippen LogP contribution in [0.25, 0.3) is 0 Å². The van der Waals surface area contributed by atoms with E-state index in [9.17, 15) is 8.42 Å². The number of hydroxylamine groups is 1. The predicted molar refractivity (Wildman–Crippen MR) is 66.1 cm³/mol. The van der Waals surface area contributed by atoms with Crippen molar-refractivity contribution in [1.82, 2.24) is 5.48 Å². The number of benzene rings is 1. The molecule has 0 radical (unpaired) electrons. The molecule has 0 atom stereocenters. The quantitative estimate of drug-likeness (QED) is 0.298. The third kappa shape index (κ3) is 5.27. The summed E-state index contributed by atoms with van der Waals surface area (Å²) in [7, 11) is -3.57. The van der Waals surface area contributed by atoms with E-state index in [-0.39, 0.29) is 11.7 Å². The summed E-state index contributed by atoms with van der Waals surface area (Å²) in [4.78, 5) is 0. The molecule has 0 aromatic heterocycles. The van der Waals surface area contributed by atoms with Gasteiger partial charge in [0.25, 0.3) is 0 Å². The number of nitrogens with zero attached hydrogens (tertiary/aromatic N) is 2. The van der Waals surface area contributed by atoms with Crippen molar-refractivity contribution in [3.05, 3.63) is 29.8 Å². The lowest BCUT2D eigenvalue weighted by atomic mass is 10.2. The van der Waals surface area contributed by atoms with E-state index in [4.69, 9.17) is 10.9 Å². The van der Waals surface area contributed by atoms with Gasteiger partial charge in [-0.25, -0.2) is 5.48 Å². The molecule has 0 saturated heterocycles. The van der Waals surface area contributed by atoms with Crippen LogP contribution < -0.4 is 15.4 Å². The van der Waals surface area contributed by atoms with Gasteiger partial charge >= 0.3 is 10.1 Å². The van der Waals surface area contributed by atoms with Crippen molar-refractivity contribution in [2.75, 3.05) is 6.26 Å². The lowest BCUT2D eigenvalue weighted by Gasteiger charge is -2.02. The van der Waals surface area contributed by atoms with Crippen LogP contribution in [0.5, 0.6) is 5.75 Å². The van der Waals surface area contributed by atoms with Gasteiger partial charge in [0.15, 0.2) is 0 Å².